The zero-order valence-corrected chi connectivity index (χ0v) is 13.9. The summed E-state index contributed by atoms with van der Waals surface area (Å²) in [7, 11) is -4.19. The smallest absolute Gasteiger partial charge is 0.265 e. The van der Waals surface area contributed by atoms with Crippen molar-refractivity contribution in [1.82, 2.24) is 4.98 Å². The van der Waals surface area contributed by atoms with Crippen LogP contribution in [0.5, 0.6) is 0 Å². The number of nitrogens with one attached hydrogen (secondary N) is 1. The lowest BCUT2D eigenvalue weighted by Crippen LogP contribution is -2.16. The number of nitrogens with zero attached hydrogens (tertiary/aromatic N) is 1. The quantitative estimate of drug-likeness (QED) is 0.618. The Morgan fingerprint density at radius 3 is 2.71 bits per heavy atom. The second kappa shape index (κ2) is 5.78. The average molecular weight is 395 g/mol. The molecule has 0 spiro atoms. The lowest BCUT2D eigenvalue weighted by Gasteiger charge is -2.11. The molecule has 0 amide bonds. The van der Waals surface area contributed by atoms with Crippen molar-refractivity contribution in [2.45, 2.75) is 11.8 Å². The first-order valence-corrected chi connectivity index (χ1v) is 8.25. The van der Waals surface area contributed by atoms with Crippen LogP contribution in [-0.2, 0) is 10.0 Å². The van der Waals surface area contributed by atoms with Crippen molar-refractivity contribution in [3.63, 3.8) is 0 Å². The number of anilines is 2. The third kappa shape index (κ3) is 3.45. The summed E-state index contributed by atoms with van der Waals surface area (Å²) in [6, 6.07) is 3.79. The molecule has 21 heavy (non-hydrogen) atoms. The van der Waals surface area contributed by atoms with Gasteiger partial charge in [-0.05, 0) is 46.6 Å². The summed E-state index contributed by atoms with van der Waals surface area (Å²) >= 11 is 8.74. The van der Waals surface area contributed by atoms with Crippen LogP contribution >= 0.6 is 27.5 Å². The predicted molar refractivity (Wildman–Crippen MR) is 83.3 cm³/mol. The second-order valence-corrected chi connectivity index (χ2v) is 7.13. The molecule has 1 heterocycles. The van der Waals surface area contributed by atoms with E-state index in [9.17, 15) is 12.8 Å². The summed E-state index contributed by atoms with van der Waals surface area (Å²) in [5, 5.41) is -0.0347. The van der Waals surface area contributed by atoms with Gasteiger partial charge in [0.1, 0.15) is 4.90 Å². The zero-order valence-electron chi connectivity index (χ0n) is 10.7. The Morgan fingerprint density at radius 2 is 2.05 bits per heavy atom. The fourth-order valence-electron chi connectivity index (χ4n) is 1.60. The van der Waals surface area contributed by atoms with Crippen molar-refractivity contribution in [3.8, 4) is 0 Å². The molecule has 0 atom stereocenters. The first-order valence-electron chi connectivity index (χ1n) is 5.60. The highest BCUT2D eigenvalue weighted by Gasteiger charge is 2.23. The topological polar surface area (TPSA) is 85.1 Å². The van der Waals surface area contributed by atoms with E-state index in [1.165, 1.54) is 18.3 Å². The summed E-state index contributed by atoms with van der Waals surface area (Å²) in [6.07, 6.45) is 1.48. The maximum atomic E-state index is 14.0. The molecule has 0 fully saturated rings. The van der Waals surface area contributed by atoms with Gasteiger partial charge in [0.2, 0.25) is 0 Å². The molecule has 1 aromatic heterocycles. The number of aryl methyl sites for hydroxylation is 1. The van der Waals surface area contributed by atoms with E-state index in [4.69, 9.17) is 17.3 Å². The number of benzene rings is 1. The molecule has 0 saturated carbocycles. The standard InChI is InChI=1S/C12H10BrClFN3O2S/c1-6-2-9(12(14)17-5-6)18-21(19,20)10-4-7(16)3-8(13)11(10)15/h2-5,18H,16H2,1H3. The van der Waals surface area contributed by atoms with Crippen LogP contribution in [0.3, 0.4) is 0 Å². The third-order valence-electron chi connectivity index (χ3n) is 2.53. The molecule has 0 saturated heterocycles. The van der Waals surface area contributed by atoms with Gasteiger partial charge in [-0.25, -0.2) is 17.8 Å². The minimum Gasteiger partial charge on any atom is -0.399 e. The molecule has 2 rings (SSSR count). The molecule has 2 aromatic rings. The normalized spacial score (nSPS) is 11.4. The van der Waals surface area contributed by atoms with Crippen molar-refractivity contribution in [2.75, 3.05) is 10.5 Å². The van der Waals surface area contributed by atoms with Gasteiger partial charge in [-0.15, -0.1) is 0 Å². The monoisotopic (exact) mass is 393 g/mol. The average Bonchev–Trinajstić information content (AvgIpc) is 2.37. The Bertz CT molecular complexity index is 814. The van der Waals surface area contributed by atoms with Crippen LogP contribution in [0.4, 0.5) is 15.8 Å². The largest absolute Gasteiger partial charge is 0.399 e. The molecule has 0 unspecified atom stereocenters. The lowest BCUT2D eigenvalue weighted by atomic mass is 10.3. The van der Waals surface area contributed by atoms with E-state index in [2.05, 4.69) is 25.6 Å². The van der Waals surface area contributed by atoms with Crippen LogP contribution in [0.25, 0.3) is 0 Å². The second-order valence-electron chi connectivity index (χ2n) is 4.27. The zero-order chi connectivity index (χ0) is 15.8. The number of hydrogen-bond donors (Lipinski definition) is 2. The number of nitrogen functional groups attached to an aromatic ring is 1. The van der Waals surface area contributed by atoms with Crippen molar-refractivity contribution in [2.24, 2.45) is 0 Å². The molecule has 0 radical (unpaired) electrons. The highest BCUT2D eigenvalue weighted by Crippen LogP contribution is 2.29. The third-order valence-corrected chi connectivity index (χ3v) is 4.77. The molecule has 1 aromatic carbocycles. The molecule has 5 nitrogen and oxygen atoms in total. The summed E-state index contributed by atoms with van der Waals surface area (Å²) in [4.78, 5) is 3.25. The van der Waals surface area contributed by atoms with E-state index >= 15 is 0 Å². The Labute approximate surface area is 134 Å². The van der Waals surface area contributed by atoms with Gasteiger partial charge in [-0.2, -0.15) is 0 Å². The molecule has 0 aliphatic carbocycles. The van der Waals surface area contributed by atoms with Gasteiger partial charge in [0.15, 0.2) is 11.0 Å². The summed E-state index contributed by atoms with van der Waals surface area (Å²) in [5.74, 6) is -0.937. The summed E-state index contributed by atoms with van der Waals surface area (Å²) < 4.78 is 40.7. The van der Waals surface area contributed by atoms with E-state index in [1.54, 1.807) is 6.92 Å². The number of sulfonamides is 1. The Kier molecular flexibility index (Phi) is 4.40. The molecule has 0 aliphatic rings. The SMILES string of the molecule is Cc1cnc(Cl)c(NS(=O)(=O)c2cc(N)cc(Br)c2F)c1. The van der Waals surface area contributed by atoms with Crippen LogP contribution in [0.2, 0.25) is 5.15 Å². The minimum absolute atomic E-state index is 0.0347. The fourth-order valence-corrected chi connectivity index (χ4v) is 3.61. The van der Waals surface area contributed by atoms with Gasteiger partial charge in [0.05, 0.1) is 10.2 Å². The van der Waals surface area contributed by atoms with Gasteiger partial charge in [0, 0.05) is 11.9 Å². The van der Waals surface area contributed by atoms with Crippen LogP contribution in [0.15, 0.2) is 33.8 Å². The number of rotatable bonds is 3. The predicted octanol–water partition coefficient (Wildman–Crippen LogP) is 3.33. The van der Waals surface area contributed by atoms with Crippen LogP contribution in [0.1, 0.15) is 5.56 Å². The maximum Gasteiger partial charge on any atom is 0.265 e. The van der Waals surface area contributed by atoms with Crippen molar-refractivity contribution < 1.29 is 12.8 Å². The highest BCUT2D eigenvalue weighted by atomic mass is 79.9. The first-order chi connectivity index (χ1) is 9.70. The Balaban J connectivity index is 2.51. The van der Waals surface area contributed by atoms with Gasteiger partial charge < -0.3 is 5.73 Å². The van der Waals surface area contributed by atoms with Crippen LogP contribution in [0, 0.1) is 12.7 Å². The Hall–Kier alpha value is -1.38. The molecule has 0 aliphatic heterocycles. The van der Waals surface area contributed by atoms with E-state index in [1.807, 2.05) is 0 Å². The lowest BCUT2D eigenvalue weighted by molar-refractivity contribution is 0.567. The minimum atomic E-state index is -4.19. The summed E-state index contributed by atoms with van der Waals surface area (Å²) in [6.45, 7) is 1.72. The number of nitrogens with two attached hydrogens (primary N) is 1. The van der Waals surface area contributed by atoms with E-state index in [-0.39, 0.29) is 21.0 Å². The molecular formula is C12H10BrClFN3O2S. The van der Waals surface area contributed by atoms with Crippen molar-refractivity contribution in [3.05, 3.63) is 45.4 Å². The highest BCUT2D eigenvalue weighted by molar-refractivity contribution is 9.10. The molecule has 112 valence electrons. The number of pyridine rings is 1. The summed E-state index contributed by atoms with van der Waals surface area (Å²) in [5.41, 5.74) is 6.42. The number of halogens is 3. The van der Waals surface area contributed by atoms with E-state index in [0.717, 1.165) is 6.07 Å². The van der Waals surface area contributed by atoms with Crippen LogP contribution in [-0.4, -0.2) is 13.4 Å². The van der Waals surface area contributed by atoms with Gasteiger partial charge in [0.25, 0.3) is 10.0 Å². The molecule has 3 N–H and O–H groups in total. The Morgan fingerprint density at radius 1 is 1.38 bits per heavy atom. The molecule has 9 heteroatoms. The van der Waals surface area contributed by atoms with E-state index in [0.29, 0.717) is 5.56 Å². The van der Waals surface area contributed by atoms with Gasteiger partial charge in [-0.3, -0.25) is 4.72 Å². The molecular weight excluding hydrogens is 385 g/mol. The first kappa shape index (κ1) is 16.0. The fraction of sp³-hybridized carbons (Fsp3) is 0.0833. The van der Waals surface area contributed by atoms with E-state index < -0.39 is 20.7 Å². The number of hydrogen-bond acceptors (Lipinski definition) is 4. The number of aromatic nitrogens is 1. The molecule has 0 bridgehead atoms. The van der Waals surface area contributed by atoms with Gasteiger partial charge in [-0.1, -0.05) is 11.6 Å². The maximum absolute atomic E-state index is 14.0. The van der Waals surface area contributed by atoms with Crippen molar-refractivity contribution >= 4 is 48.9 Å². The van der Waals surface area contributed by atoms with Crippen LogP contribution < -0.4 is 10.5 Å². The van der Waals surface area contributed by atoms with Gasteiger partial charge >= 0.3 is 0 Å². The van der Waals surface area contributed by atoms with Crippen molar-refractivity contribution in [1.29, 1.82) is 0 Å².